The average Bonchev–Trinajstić information content (AvgIpc) is 3.29. The third-order valence-corrected chi connectivity index (χ3v) is 10.2. The summed E-state index contributed by atoms with van der Waals surface area (Å²) < 4.78 is 0. The van der Waals surface area contributed by atoms with E-state index in [1.54, 1.807) is 0 Å². The van der Waals surface area contributed by atoms with Gasteiger partial charge < -0.3 is 80.0 Å². The highest BCUT2D eigenvalue weighted by Crippen LogP contribution is 2.13. The Morgan fingerprint density at radius 2 is 1.29 bits per heavy atom. The van der Waals surface area contributed by atoms with E-state index < -0.39 is 140 Å². The van der Waals surface area contributed by atoms with Gasteiger partial charge in [-0.25, -0.2) is 14.8 Å². The molecule has 0 radical (unpaired) electrons. The van der Waals surface area contributed by atoms with Gasteiger partial charge in [-0.1, -0.05) is 0 Å². The molecule has 5 amide bonds. The molecule has 390 valence electrons. The second kappa shape index (κ2) is 28.1. The fourth-order valence-corrected chi connectivity index (χ4v) is 6.60. The van der Waals surface area contributed by atoms with Gasteiger partial charge in [0.25, 0.3) is 11.5 Å². The number of hydrogen-bond donors (Lipinski definition) is 17. The first-order valence-corrected chi connectivity index (χ1v) is 22.0. The van der Waals surface area contributed by atoms with Crippen molar-refractivity contribution >= 4 is 101 Å². The van der Waals surface area contributed by atoms with Crippen molar-refractivity contribution in [3.05, 3.63) is 52.1 Å². The van der Waals surface area contributed by atoms with Crippen LogP contribution in [0.2, 0.25) is 0 Å². The Morgan fingerprint density at radius 3 is 1.88 bits per heavy atom. The quantitative estimate of drug-likeness (QED) is 0.0125. The Labute approximate surface area is 411 Å². The molecular formula is C40H53N15O16S. The number of nitrogens with one attached hydrogen (secondary N) is 8. The summed E-state index contributed by atoms with van der Waals surface area (Å²) in [4.78, 5) is 156. The molecule has 0 unspecified atom stereocenters. The number of nitrogens with zero attached hydrogens (tertiary/aromatic N) is 4. The lowest BCUT2D eigenvalue weighted by atomic mass is 10.1. The second-order valence-electron chi connectivity index (χ2n) is 15.5. The number of H-pyrrole nitrogens is 1. The first kappa shape index (κ1) is 57.6. The van der Waals surface area contributed by atoms with Crippen molar-refractivity contribution in [3.8, 4) is 0 Å². The number of amides is 5. The Kier molecular flexibility index (Phi) is 22.5. The number of nitrogen functional groups attached to an aromatic ring is 1. The number of aromatic nitrogens is 4. The normalized spacial score (nSPS) is 13.3. The summed E-state index contributed by atoms with van der Waals surface area (Å²) in [6, 6.07) is -4.14. The van der Waals surface area contributed by atoms with E-state index in [9.17, 15) is 78.3 Å². The molecule has 0 aliphatic heterocycles. The number of benzene rings is 1. The van der Waals surface area contributed by atoms with E-state index in [0.717, 1.165) is 0 Å². The zero-order chi connectivity index (χ0) is 53.7. The van der Waals surface area contributed by atoms with Gasteiger partial charge in [0.05, 0.1) is 43.7 Å². The molecule has 2 aromatic heterocycles. The van der Waals surface area contributed by atoms with Crippen molar-refractivity contribution in [1.82, 2.24) is 51.8 Å². The summed E-state index contributed by atoms with van der Waals surface area (Å²) in [5.41, 5.74) is 16.5. The first-order valence-electron chi connectivity index (χ1n) is 21.3. The minimum Gasteiger partial charge on any atom is -0.481 e. The maximum absolute atomic E-state index is 13.7. The average molecular weight is 1030 g/mol. The smallest absolute Gasteiger partial charge is 0.326 e. The van der Waals surface area contributed by atoms with Crippen LogP contribution in [0.15, 0.2) is 40.2 Å². The van der Waals surface area contributed by atoms with Gasteiger partial charge in [0, 0.05) is 36.5 Å². The van der Waals surface area contributed by atoms with Crippen LogP contribution >= 0.6 is 12.6 Å². The number of aromatic amines is 1. The number of carbonyl (C=O) groups excluding carboxylic acids is 5. The topological polar surface area (TPSA) is 518 Å². The van der Waals surface area contributed by atoms with Crippen LogP contribution in [0.25, 0.3) is 11.2 Å². The lowest BCUT2D eigenvalue weighted by molar-refractivity contribution is -0.142. The number of fused-ring (bicyclic) bond motifs is 1. The van der Waals surface area contributed by atoms with Crippen molar-refractivity contribution in [2.75, 3.05) is 29.9 Å². The molecule has 0 fully saturated rings. The predicted octanol–water partition coefficient (Wildman–Crippen LogP) is -4.74. The Balaban J connectivity index is 1.69. The molecule has 3 aromatic rings. The number of carboxylic acid groups (broad SMARTS) is 5. The summed E-state index contributed by atoms with van der Waals surface area (Å²) in [6.07, 6.45) is -3.21. The van der Waals surface area contributed by atoms with Gasteiger partial charge in [0.1, 0.15) is 30.2 Å². The number of anilines is 2. The number of rotatable bonds is 31. The third kappa shape index (κ3) is 19.7. The van der Waals surface area contributed by atoms with Crippen molar-refractivity contribution in [2.24, 2.45) is 16.5 Å². The summed E-state index contributed by atoms with van der Waals surface area (Å²) in [5, 5.41) is 64.2. The number of carbonyl (C=O) groups is 10. The molecular weight excluding hydrogens is 979 g/mol. The van der Waals surface area contributed by atoms with E-state index in [0.29, 0.717) is 11.4 Å². The van der Waals surface area contributed by atoms with Crippen molar-refractivity contribution in [1.29, 1.82) is 0 Å². The highest BCUT2D eigenvalue weighted by atomic mass is 32.1. The zero-order valence-corrected chi connectivity index (χ0v) is 38.7. The molecule has 32 heteroatoms. The fourth-order valence-electron chi connectivity index (χ4n) is 6.32. The Hall–Kier alpha value is -8.68. The van der Waals surface area contributed by atoms with Crippen LogP contribution in [-0.2, 0) is 49.7 Å². The largest absolute Gasteiger partial charge is 0.481 e. The Morgan fingerprint density at radius 1 is 0.708 bits per heavy atom. The van der Waals surface area contributed by atoms with Gasteiger partial charge in [-0.3, -0.25) is 57.9 Å². The number of carboxylic acids is 5. The number of aliphatic carboxylic acids is 5. The van der Waals surface area contributed by atoms with Gasteiger partial charge >= 0.3 is 29.8 Å². The van der Waals surface area contributed by atoms with Crippen LogP contribution in [0, 0.1) is 0 Å². The SMILES string of the molecule is NC(N)=NCCC[C@H](NC(=O)[C@H](CC(=O)O)NC(=O)CC[C@H](NC(=O)c1ccc(NCc2cnc3nc(N)[nH]c(=O)c3n2)cc1)C(=O)O)C(=O)N[C@@H](CC(=O)O)C(=O)N[C@H](CN[C@@H](CS)C(=O)O)CC(=O)O. The highest BCUT2D eigenvalue weighted by molar-refractivity contribution is 7.80. The fraction of sp³-hybridized carbons (Fsp3) is 0.425. The van der Waals surface area contributed by atoms with E-state index in [2.05, 4.69) is 74.8 Å². The van der Waals surface area contributed by atoms with Gasteiger partial charge in [-0.15, -0.1) is 0 Å². The summed E-state index contributed by atoms with van der Waals surface area (Å²) in [6.45, 7) is -0.480. The van der Waals surface area contributed by atoms with Crippen LogP contribution < -0.4 is 60.0 Å². The molecule has 72 heavy (non-hydrogen) atoms. The van der Waals surface area contributed by atoms with Gasteiger partial charge in [0.15, 0.2) is 17.1 Å². The molecule has 19 N–H and O–H groups in total. The third-order valence-electron chi connectivity index (χ3n) is 9.85. The highest BCUT2D eigenvalue weighted by Gasteiger charge is 2.33. The standard InChI is InChI=1S/C40H53N15O16S/c41-39(42)44-9-1-2-21(33(64)53-24(12-29(61)62)34(65)49-19(10-27(57)58)13-46-25(16-72)38(70)71)51-35(66)23(11-28(59)60)50-26(56)8-7-22(37(68)69)52-32(63)17-3-5-18(6-4-17)45-14-20-15-47-31-30(48-20)36(67)55-40(43)54-31/h3-6,15,19,21-25,45-46,72H,1-2,7-14,16H2,(H,49,65)(H,50,56)(H,51,66)(H,52,63)(H,53,64)(H,57,58)(H,59,60)(H,61,62)(H,68,69)(H,70,71)(H4,41,42,44)(H3,43,47,54,55,67)/t19-,21-,22-,23-,24-,25-/m0/s1. The maximum atomic E-state index is 13.7. The molecule has 0 aliphatic rings. The van der Waals surface area contributed by atoms with Crippen LogP contribution in [-0.4, -0.2) is 166 Å². The van der Waals surface area contributed by atoms with Gasteiger partial charge in [-0.2, -0.15) is 17.6 Å². The van der Waals surface area contributed by atoms with E-state index >= 15 is 0 Å². The molecule has 0 saturated carbocycles. The number of nitrogens with two attached hydrogens (primary N) is 3. The molecule has 0 spiro atoms. The molecule has 2 heterocycles. The number of thiol groups is 1. The Bertz CT molecular complexity index is 2580. The molecule has 3 rings (SSSR count). The summed E-state index contributed by atoms with van der Waals surface area (Å²) in [7, 11) is 0. The van der Waals surface area contributed by atoms with Gasteiger partial charge in [0.2, 0.25) is 29.6 Å². The van der Waals surface area contributed by atoms with Crippen LogP contribution in [0.3, 0.4) is 0 Å². The molecule has 0 bridgehead atoms. The summed E-state index contributed by atoms with van der Waals surface area (Å²) in [5.74, 6) is -13.9. The van der Waals surface area contributed by atoms with Crippen molar-refractivity contribution < 1.29 is 73.5 Å². The molecule has 6 atom stereocenters. The number of hydrogen-bond acceptors (Lipinski definition) is 19. The molecule has 31 nitrogen and oxygen atoms in total. The zero-order valence-electron chi connectivity index (χ0n) is 37.8. The van der Waals surface area contributed by atoms with Crippen molar-refractivity contribution in [2.45, 2.75) is 87.7 Å². The number of aliphatic imine (C=N–C) groups is 1. The maximum Gasteiger partial charge on any atom is 0.326 e. The lowest BCUT2D eigenvalue weighted by Gasteiger charge is -2.26. The molecule has 1 aromatic carbocycles. The van der Waals surface area contributed by atoms with E-state index in [-0.39, 0.29) is 60.3 Å². The second-order valence-corrected chi connectivity index (χ2v) is 15.9. The van der Waals surface area contributed by atoms with E-state index in [1.807, 2.05) is 0 Å². The van der Waals surface area contributed by atoms with E-state index in [1.165, 1.54) is 30.5 Å². The predicted molar refractivity (Wildman–Crippen MR) is 252 cm³/mol. The molecule has 0 aliphatic carbocycles. The minimum atomic E-state index is -1.94. The minimum absolute atomic E-state index is 0.0113. The van der Waals surface area contributed by atoms with Crippen LogP contribution in [0.5, 0.6) is 0 Å². The first-order chi connectivity index (χ1) is 33.9. The number of guanidine groups is 1. The van der Waals surface area contributed by atoms with Crippen LogP contribution in [0.4, 0.5) is 11.6 Å². The lowest BCUT2D eigenvalue weighted by Crippen LogP contribution is -2.58. The van der Waals surface area contributed by atoms with E-state index in [4.69, 9.17) is 17.2 Å². The van der Waals surface area contributed by atoms with Crippen molar-refractivity contribution in [3.63, 3.8) is 0 Å². The summed E-state index contributed by atoms with van der Waals surface area (Å²) >= 11 is 3.90. The molecule has 0 saturated heterocycles. The van der Waals surface area contributed by atoms with Gasteiger partial charge in [-0.05, 0) is 43.5 Å². The monoisotopic (exact) mass is 1030 g/mol. The van der Waals surface area contributed by atoms with Crippen LogP contribution in [0.1, 0.15) is 61.0 Å².